The summed E-state index contributed by atoms with van der Waals surface area (Å²) in [5.41, 5.74) is 3.93. The highest BCUT2D eigenvalue weighted by molar-refractivity contribution is 9.10. The Bertz CT molecular complexity index is 746. The standard InChI is InChI=1S/C18H19BrN2/c1-2-20-12-14-6-7-16-8-9-21(18(16)11-14)13-15-4-3-5-17(19)10-15/h3-11,20H,2,12-13H2,1H3. The maximum Gasteiger partial charge on any atom is 0.0486 e. The van der Waals surface area contributed by atoms with E-state index < -0.39 is 0 Å². The minimum Gasteiger partial charge on any atom is -0.343 e. The number of hydrogen-bond acceptors (Lipinski definition) is 1. The molecule has 0 spiro atoms. The normalized spacial score (nSPS) is 11.1. The predicted octanol–water partition coefficient (Wildman–Crippen LogP) is 4.56. The van der Waals surface area contributed by atoms with E-state index in [1.54, 1.807) is 0 Å². The van der Waals surface area contributed by atoms with E-state index in [1.807, 2.05) is 0 Å². The zero-order valence-electron chi connectivity index (χ0n) is 12.1. The van der Waals surface area contributed by atoms with Crippen LogP contribution in [0, 0.1) is 0 Å². The molecule has 3 heteroatoms. The van der Waals surface area contributed by atoms with Gasteiger partial charge in [0, 0.05) is 29.3 Å². The summed E-state index contributed by atoms with van der Waals surface area (Å²) in [7, 11) is 0. The highest BCUT2D eigenvalue weighted by atomic mass is 79.9. The van der Waals surface area contributed by atoms with Gasteiger partial charge >= 0.3 is 0 Å². The second-order valence-electron chi connectivity index (χ2n) is 5.25. The molecule has 0 radical (unpaired) electrons. The lowest BCUT2D eigenvalue weighted by molar-refractivity contribution is 0.726. The van der Waals surface area contributed by atoms with Crippen LogP contribution in [0.4, 0.5) is 0 Å². The van der Waals surface area contributed by atoms with E-state index in [0.29, 0.717) is 0 Å². The highest BCUT2D eigenvalue weighted by Gasteiger charge is 2.04. The van der Waals surface area contributed by atoms with E-state index in [1.165, 1.54) is 22.0 Å². The Morgan fingerprint density at radius 2 is 1.95 bits per heavy atom. The first-order valence-electron chi connectivity index (χ1n) is 7.29. The number of nitrogens with zero attached hydrogens (tertiary/aromatic N) is 1. The van der Waals surface area contributed by atoms with Gasteiger partial charge in [0.15, 0.2) is 0 Å². The van der Waals surface area contributed by atoms with E-state index in [2.05, 4.69) is 87.5 Å². The maximum atomic E-state index is 3.54. The van der Waals surface area contributed by atoms with Crippen molar-refractivity contribution in [2.75, 3.05) is 6.54 Å². The summed E-state index contributed by atoms with van der Waals surface area (Å²) in [6.07, 6.45) is 2.17. The molecule has 108 valence electrons. The lowest BCUT2D eigenvalue weighted by atomic mass is 10.1. The van der Waals surface area contributed by atoms with Crippen molar-refractivity contribution in [1.82, 2.24) is 9.88 Å². The van der Waals surface area contributed by atoms with Crippen LogP contribution < -0.4 is 5.32 Å². The molecule has 0 aliphatic rings. The molecular weight excluding hydrogens is 324 g/mol. The van der Waals surface area contributed by atoms with Crippen molar-refractivity contribution >= 4 is 26.8 Å². The van der Waals surface area contributed by atoms with Gasteiger partial charge in [-0.3, -0.25) is 0 Å². The molecular formula is C18H19BrN2. The van der Waals surface area contributed by atoms with Gasteiger partial charge in [0.2, 0.25) is 0 Å². The van der Waals surface area contributed by atoms with Gasteiger partial charge in [-0.1, -0.05) is 47.1 Å². The minimum absolute atomic E-state index is 0.896. The molecule has 0 saturated carbocycles. The molecule has 2 aromatic carbocycles. The Balaban J connectivity index is 1.91. The van der Waals surface area contributed by atoms with Crippen LogP contribution >= 0.6 is 15.9 Å². The SMILES string of the molecule is CCNCc1ccc2ccn(Cc3cccc(Br)c3)c2c1. The molecule has 1 aromatic heterocycles. The number of halogens is 1. The van der Waals surface area contributed by atoms with Gasteiger partial charge in [-0.15, -0.1) is 0 Å². The van der Waals surface area contributed by atoms with Crippen LogP contribution in [0.5, 0.6) is 0 Å². The number of rotatable bonds is 5. The van der Waals surface area contributed by atoms with Crippen molar-refractivity contribution in [1.29, 1.82) is 0 Å². The van der Waals surface area contributed by atoms with Gasteiger partial charge in [0.25, 0.3) is 0 Å². The topological polar surface area (TPSA) is 17.0 Å². The Kier molecular flexibility index (Phi) is 4.42. The Labute approximate surface area is 133 Å². The lowest BCUT2D eigenvalue weighted by Gasteiger charge is -2.08. The third-order valence-corrected chi connectivity index (χ3v) is 4.15. The van der Waals surface area contributed by atoms with Crippen LogP contribution in [0.25, 0.3) is 10.9 Å². The summed E-state index contributed by atoms with van der Waals surface area (Å²) in [5.74, 6) is 0. The predicted molar refractivity (Wildman–Crippen MR) is 92.6 cm³/mol. The quantitative estimate of drug-likeness (QED) is 0.719. The molecule has 0 saturated heterocycles. The summed E-state index contributed by atoms with van der Waals surface area (Å²) >= 11 is 3.54. The monoisotopic (exact) mass is 342 g/mol. The molecule has 0 aliphatic carbocycles. The molecule has 0 bridgehead atoms. The Morgan fingerprint density at radius 3 is 2.76 bits per heavy atom. The summed E-state index contributed by atoms with van der Waals surface area (Å²) in [4.78, 5) is 0. The largest absolute Gasteiger partial charge is 0.343 e. The summed E-state index contributed by atoms with van der Waals surface area (Å²) < 4.78 is 3.44. The fraction of sp³-hybridized carbons (Fsp3) is 0.222. The third-order valence-electron chi connectivity index (χ3n) is 3.66. The van der Waals surface area contributed by atoms with Crippen molar-refractivity contribution in [3.8, 4) is 0 Å². The van der Waals surface area contributed by atoms with E-state index in [9.17, 15) is 0 Å². The number of fused-ring (bicyclic) bond motifs is 1. The van der Waals surface area contributed by atoms with Crippen molar-refractivity contribution < 1.29 is 0 Å². The zero-order chi connectivity index (χ0) is 14.7. The molecule has 0 fully saturated rings. The third kappa shape index (κ3) is 3.36. The van der Waals surface area contributed by atoms with E-state index in [0.717, 1.165) is 24.1 Å². The molecule has 0 aliphatic heterocycles. The van der Waals surface area contributed by atoms with Crippen LogP contribution in [-0.2, 0) is 13.1 Å². The summed E-state index contributed by atoms with van der Waals surface area (Å²) in [6.45, 7) is 4.95. The Hall–Kier alpha value is -1.58. The first-order valence-corrected chi connectivity index (χ1v) is 8.08. The van der Waals surface area contributed by atoms with E-state index >= 15 is 0 Å². The zero-order valence-corrected chi connectivity index (χ0v) is 13.7. The molecule has 1 heterocycles. The lowest BCUT2D eigenvalue weighted by Crippen LogP contribution is -2.11. The van der Waals surface area contributed by atoms with Crippen molar-refractivity contribution in [3.05, 3.63) is 70.3 Å². The molecule has 21 heavy (non-hydrogen) atoms. The van der Waals surface area contributed by atoms with Gasteiger partial charge in [-0.05, 0) is 47.3 Å². The van der Waals surface area contributed by atoms with Crippen LogP contribution in [-0.4, -0.2) is 11.1 Å². The second-order valence-corrected chi connectivity index (χ2v) is 6.16. The molecule has 3 aromatic rings. The molecule has 3 rings (SSSR count). The fourth-order valence-electron chi connectivity index (χ4n) is 2.58. The average Bonchev–Trinajstić information content (AvgIpc) is 2.88. The average molecular weight is 343 g/mol. The number of nitrogens with one attached hydrogen (secondary N) is 1. The summed E-state index contributed by atoms with van der Waals surface area (Å²) in [6, 6.07) is 17.4. The van der Waals surface area contributed by atoms with Gasteiger partial charge in [0.05, 0.1) is 0 Å². The first-order chi connectivity index (χ1) is 10.3. The van der Waals surface area contributed by atoms with Gasteiger partial charge in [-0.2, -0.15) is 0 Å². The van der Waals surface area contributed by atoms with Gasteiger partial charge < -0.3 is 9.88 Å². The van der Waals surface area contributed by atoms with Crippen LogP contribution in [0.15, 0.2) is 59.2 Å². The molecule has 2 nitrogen and oxygen atoms in total. The maximum absolute atomic E-state index is 3.54. The van der Waals surface area contributed by atoms with Crippen LogP contribution in [0.2, 0.25) is 0 Å². The van der Waals surface area contributed by atoms with Crippen molar-refractivity contribution in [2.24, 2.45) is 0 Å². The fourth-order valence-corrected chi connectivity index (χ4v) is 3.03. The van der Waals surface area contributed by atoms with Crippen LogP contribution in [0.1, 0.15) is 18.1 Å². The van der Waals surface area contributed by atoms with E-state index in [4.69, 9.17) is 0 Å². The van der Waals surface area contributed by atoms with Crippen molar-refractivity contribution in [3.63, 3.8) is 0 Å². The highest BCUT2D eigenvalue weighted by Crippen LogP contribution is 2.20. The molecule has 1 N–H and O–H groups in total. The summed E-state index contributed by atoms with van der Waals surface area (Å²) in [5, 5.41) is 4.68. The smallest absolute Gasteiger partial charge is 0.0486 e. The van der Waals surface area contributed by atoms with Crippen molar-refractivity contribution in [2.45, 2.75) is 20.0 Å². The van der Waals surface area contributed by atoms with Gasteiger partial charge in [-0.25, -0.2) is 0 Å². The van der Waals surface area contributed by atoms with E-state index in [-0.39, 0.29) is 0 Å². The number of hydrogen-bond donors (Lipinski definition) is 1. The number of aromatic nitrogens is 1. The second kappa shape index (κ2) is 6.46. The van der Waals surface area contributed by atoms with Crippen LogP contribution in [0.3, 0.4) is 0 Å². The van der Waals surface area contributed by atoms with Gasteiger partial charge in [0.1, 0.15) is 0 Å². The molecule has 0 amide bonds. The molecule has 0 unspecified atom stereocenters. The Morgan fingerprint density at radius 1 is 1.05 bits per heavy atom. The first kappa shape index (κ1) is 14.4. The molecule has 0 atom stereocenters. The minimum atomic E-state index is 0.896. The number of benzene rings is 2.